The van der Waals surface area contributed by atoms with Crippen LogP contribution in [0.15, 0.2) is 63.7 Å². The molecule has 0 saturated carbocycles. The number of thiazole rings is 1. The lowest BCUT2D eigenvalue weighted by Gasteiger charge is -2.12. The lowest BCUT2D eigenvalue weighted by atomic mass is 10.1. The summed E-state index contributed by atoms with van der Waals surface area (Å²) in [5.74, 6) is 1.50. The summed E-state index contributed by atoms with van der Waals surface area (Å²) in [5, 5.41) is 2.04. The van der Waals surface area contributed by atoms with Crippen LogP contribution in [-0.2, 0) is 13.6 Å². The van der Waals surface area contributed by atoms with E-state index in [-0.39, 0.29) is 24.0 Å². The van der Waals surface area contributed by atoms with Crippen molar-refractivity contribution < 1.29 is 27.9 Å². The van der Waals surface area contributed by atoms with Gasteiger partial charge in [-0.05, 0) is 44.2 Å². The maximum absolute atomic E-state index is 13.3. The molecule has 0 amide bonds. The van der Waals surface area contributed by atoms with Crippen LogP contribution in [-0.4, -0.2) is 28.2 Å². The van der Waals surface area contributed by atoms with E-state index in [0.717, 1.165) is 38.9 Å². The van der Waals surface area contributed by atoms with E-state index >= 15 is 0 Å². The van der Waals surface area contributed by atoms with Crippen LogP contribution in [0.3, 0.4) is 0 Å². The molecule has 33 heavy (non-hydrogen) atoms. The SMILES string of the molecule is CCn1c(-c2cc(OC)ccc2OC)csc1=Nc1c(C)n(C)n(-c2ccccc2)c1=O.[Br-].[H+]. The van der Waals surface area contributed by atoms with Crippen molar-refractivity contribution in [1.29, 1.82) is 0 Å². The van der Waals surface area contributed by atoms with E-state index in [4.69, 9.17) is 14.5 Å². The molecule has 2 aromatic heterocycles. The van der Waals surface area contributed by atoms with Gasteiger partial charge in [0.25, 0.3) is 5.56 Å². The van der Waals surface area contributed by atoms with Gasteiger partial charge in [-0.2, -0.15) is 0 Å². The standard InChI is InChI=1S/C24H26N4O3S.BrH/c1-6-27-20(19-14-18(30-4)12-13-21(19)31-5)15-32-24(27)25-22-16(2)26(3)28(23(22)29)17-10-8-7-9-11-17;/h7-15H,6H2,1-5H3;1H. The molecular weight excluding hydrogens is 504 g/mol. The summed E-state index contributed by atoms with van der Waals surface area (Å²) in [7, 11) is 5.17. The average molecular weight is 531 g/mol. The number of hydrogen-bond donors (Lipinski definition) is 0. The number of hydrogen-bond acceptors (Lipinski definition) is 5. The molecule has 174 valence electrons. The second-order valence-corrected chi connectivity index (χ2v) is 8.07. The second-order valence-electron chi connectivity index (χ2n) is 7.24. The van der Waals surface area contributed by atoms with Gasteiger partial charge in [-0.25, -0.2) is 9.67 Å². The van der Waals surface area contributed by atoms with Gasteiger partial charge in [-0.15, -0.1) is 11.3 Å². The fourth-order valence-corrected chi connectivity index (χ4v) is 4.70. The van der Waals surface area contributed by atoms with Crippen LogP contribution in [0, 0.1) is 6.92 Å². The highest BCUT2D eigenvalue weighted by Crippen LogP contribution is 2.33. The summed E-state index contributed by atoms with van der Waals surface area (Å²) in [5.41, 5.74) is 3.77. The lowest BCUT2D eigenvalue weighted by Crippen LogP contribution is -3.00. The Morgan fingerprint density at radius 2 is 1.82 bits per heavy atom. The van der Waals surface area contributed by atoms with Crippen molar-refractivity contribution in [3.05, 3.63) is 74.8 Å². The predicted molar refractivity (Wildman–Crippen MR) is 129 cm³/mol. The van der Waals surface area contributed by atoms with Gasteiger partial charge in [0.1, 0.15) is 11.5 Å². The molecule has 0 bridgehead atoms. The zero-order chi connectivity index (χ0) is 22.8. The molecule has 0 N–H and O–H groups in total. The van der Waals surface area contributed by atoms with E-state index in [1.165, 1.54) is 11.3 Å². The molecule has 4 rings (SSSR count). The molecule has 0 spiro atoms. The largest absolute Gasteiger partial charge is 1.00 e. The number of halogens is 1. The first-order chi connectivity index (χ1) is 15.5. The quantitative estimate of drug-likeness (QED) is 0.378. The van der Waals surface area contributed by atoms with Crippen LogP contribution in [0.1, 0.15) is 14.0 Å². The molecule has 0 radical (unpaired) electrons. The van der Waals surface area contributed by atoms with Crippen molar-refractivity contribution in [3.63, 3.8) is 0 Å². The number of ether oxygens (including phenoxy) is 2. The Hall–Kier alpha value is -3.04. The van der Waals surface area contributed by atoms with E-state index in [0.29, 0.717) is 12.2 Å². The van der Waals surface area contributed by atoms with Crippen LogP contribution >= 0.6 is 11.3 Å². The fourth-order valence-electron chi connectivity index (χ4n) is 3.73. The summed E-state index contributed by atoms with van der Waals surface area (Å²) >= 11 is 1.49. The minimum Gasteiger partial charge on any atom is -1.00 e. The van der Waals surface area contributed by atoms with Gasteiger partial charge in [-0.1, -0.05) is 18.2 Å². The van der Waals surface area contributed by atoms with E-state index in [9.17, 15) is 4.79 Å². The van der Waals surface area contributed by atoms with E-state index in [2.05, 4.69) is 11.5 Å². The number of aromatic nitrogens is 3. The maximum Gasteiger partial charge on any atom is 1.00 e. The number of methoxy groups -OCH3 is 2. The average Bonchev–Trinajstić information content (AvgIpc) is 3.32. The highest BCUT2D eigenvalue weighted by Gasteiger charge is 2.17. The molecular formula is C24H27BrN4O3S. The fraction of sp³-hybridized carbons (Fsp3) is 0.250. The number of rotatable bonds is 6. The van der Waals surface area contributed by atoms with Gasteiger partial charge < -0.3 is 31.0 Å². The molecule has 0 aliphatic rings. The van der Waals surface area contributed by atoms with Gasteiger partial charge in [0, 0.05) is 24.5 Å². The first-order valence-electron chi connectivity index (χ1n) is 10.3. The Balaban J connectivity index is 0.00000204. The lowest BCUT2D eigenvalue weighted by molar-refractivity contribution is -0.00000726. The first-order valence-corrected chi connectivity index (χ1v) is 11.2. The molecule has 0 aliphatic carbocycles. The third-order valence-electron chi connectivity index (χ3n) is 5.53. The van der Waals surface area contributed by atoms with Crippen molar-refractivity contribution in [2.24, 2.45) is 12.0 Å². The monoisotopic (exact) mass is 530 g/mol. The molecule has 7 nitrogen and oxygen atoms in total. The number of para-hydroxylation sites is 1. The van der Waals surface area contributed by atoms with Crippen molar-refractivity contribution in [2.75, 3.05) is 14.2 Å². The van der Waals surface area contributed by atoms with Gasteiger partial charge in [0.05, 0.1) is 31.3 Å². The van der Waals surface area contributed by atoms with Crippen LogP contribution < -0.4 is 36.8 Å². The molecule has 4 aromatic rings. The number of benzene rings is 2. The van der Waals surface area contributed by atoms with Crippen LogP contribution in [0.2, 0.25) is 0 Å². The molecule has 0 atom stereocenters. The summed E-state index contributed by atoms with van der Waals surface area (Å²) < 4.78 is 16.6. The summed E-state index contributed by atoms with van der Waals surface area (Å²) in [6, 6.07) is 15.3. The van der Waals surface area contributed by atoms with Crippen molar-refractivity contribution in [2.45, 2.75) is 20.4 Å². The summed E-state index contributed by atoms with van der Waals surface area (Å²) in [4.78, 5) is 18.8. The van der Waals surface area contributed by atoms with Crippen molar-refractivity contribution in [1.82, 2.24) is 13.9 Å². The van der Waals surface area contributed by atoms with Crippen molar-refractivity contribution >= 4 is 17.0 Å². The summed E-state index contributed by atoms with van der Waals surface area (Å²) in [6.07, 6.45) is 0. The maximum atomic E-state index is 13.3. The minimum atomic E-state index is -0.146. The Bertz CT molecular complexity index is 1390. The van der Waals surface area contributed by atoms with Gasteiger partial charge >= 0.3 is 1.43 Å². The normalized spacial score (nSPS) is 11.4. The molecule has 0 aliphatic heterocycles. The third kappa shape index (κ3) is 4.43. The predicted octanol–water partition coefficient (Wildman–Crippen LogP) is 1.40. The third-order valence-corrected chi connectivity index (χ3v) is 6.39. The van der Waals surface area contributed by atoms with E-state index < -0.39 is 0 Å². The second kappa shape index (κ2) is 10.3. The van der Waals surface area contributed by atoms with Crippen molar-refractivity contribution in [3.8, 4) is 28.4 Å². The molecule has 2 aromatic carbocycles. The Labute approximate surface area is 208 Å². The zero-order valence-corrected chi connectivity index (χ0v) is 21.6. The van der Waals surface area contributed by atoms with E-state index in [1.54, 1.807) is 18.9 Å². The summed E-state index contributed by atoms with van der Waals surface area (Å²) in [6.45, 7) is 4.66. The Kier molecular flexibility index (Phi) is 7.65. The Morgan fingerprint density at radius 1 is 1.09 bits per heavy atom. The van der Waals surface area contributed by atoms with Gasteiger partial charge in [0.15, 0.2) is 10.5 Å². The minimum absolute atomic E-state index is 0. The van der Waals surface area contributed by atoms with Crippen LogP contribution in [0.5, 0.6) is 11.5 Å². The number of nitrogens with zero attached hydrogens (tertiary/aromatic N) is 4. The Morgan fingerprint density at radius 3 is 2.45 bits per heavy atom. The molecule has 0 saturated heterocycles. The topological polar surface area (TPSA) is 62.7 Å². The van der Waals surface area contributed by atoms with Gasteiger partial charge in [0.2, 0.25) is 0 Å². The zero-order valence-electron chi connectivity index (χ0n) is 20.2. The molecule has 0 fully saturated rings. The van der Waals surface area contributed by atoms with Gasteiger partial charge in [-0.3, -0.25) is 9.48 Å². The van der Waals surface area contributed by atoms with Crippen LogP contribution in [0.4, 0.5) is 5.69 Å². The smallest absolute Gasteiger partial charge is 1.00 e. The molecule has 0 unspecified atom stereocenters. The molecule has 2 heterocycles. The van der Waals surface area contributed by atoms with E-state index in [1.807, 2.05) is 72.6 Å². The molecule has 9 heteroatoms. The first kappa shape index (κ1) is 24.6. The highest BCUT2D eigenvalue weighted by molar-refractivity contribution is 7.07. The van der Waals surface area contributed by atoms with Crippen LogP contribution in [0.25, 0.3) is 16.9 Å². The highest BCUT2D eigenvalue weighted by atomic mass is 79.9.